The lowest BCUT2D eigenvalue weighted by Gasteiger charge is -2.43. The molecule has 0 spiro atoms. The molecule has 37 heavy (non-hydrogen) atoms. The van der Waals surface area contributed by atoms with Gasteiger partial charge in [0.15, 0.2) is 0 Å². The van der Waals surface area contributed by atoms with E-state index in [4.69, 9.17) is 14.9 Å². The topological polar surface area (TPSA) is 111 Å². The Kier molecular flexibility index (Phi) is 7.38. The molecule has 0 atom stereocenters. The van der Waals surface area contributed by atoms with Crippen molar-refractivity contribution in [3.8, 4) is 17.0 Å². The van der Waals surface area contributed by atoms with Gasteiger partial charge in [0.25, 0.3) is 0 Å². The summed E-state index contributed by atoms with van der Waals surface area (Å²) in [5.41, 5.74) is 6.39. The van der Waals surface area contributed by atoms with E-state index in [2.05, 4.69) is 47.9 Å². The summed E-state index contributed by atoms with van der Waals surface area (Å²) >= 11 is 0. The number of benzene rings is 2. The van der Waals surface area contributed by atoms with Gasteiger partial charge in [-0.1, -0.05) is 12.1 Å². The second-order valence-electron chi connectivity index (χ2n) is 9.14. The van der Waals surface area contributed by atoms with E-state index >= 15 is 0 Å². The van der Waals surface area contributed by atoms with Crippen LogP contribution in [-0.2, 0) is 4.74 Å². The highest BCUT2D eigenvalue weighted by atomic mass is 16.5. The maximum atomic E-state index is 7.58. The van der Waals surface area contributed by atoms with Crippen LogP contribution in [0.15, 0.2) is 42.7 Å². The third-order valence-electron chi connectivity index (χ3n) is 7.08. The zero-order valence-electron chi connectivity index (χ0n) is 21.5. The van der Waals surface area contributed by atoms with Gasteiger partial charge in [-0.25, -0.2) is 9.97 Å². The molecule has 10 heteroatoms. The number of methoxy groups -OCH3 is 1. The largest absolute Gasteiger partial charge is 0.494 e. The summed E-state index contributed by atoms with van der Waals surface area (Å²) in [7, 11) is 5.47. The lowest BCUT2D eigenvalue weighted by molar-refractivity contribution is -0.0660. The summed E-state index contributed by atoms with van der Waals surface area (Å²) in [6, 6.07) is 12.5. The van der Waals surface area contributed by atoms with Crippen LogP contribution in [0.1, 0.15) is 5.56 Å². The molecule has 194 valence electrons. The number of anilines is 5. The molecular formula is C27H34N8O2. The molecule has 2 aliphatic rings. The van der Waals surface area contributed by atoms with Crippen LogP contribution in [0.4, 0.5) is 28.6 Å². The number of hydrogen-bond acceptors (Lipinski definition) is 10. The minimum absolute atomic E-state index is 0.573. The van der Waals surface area contributed by atoms with Crippen molar-refractivity contribution in [2.24, 2.45) is 0 Å². The van der Waals surface area contributed by atoms with Crippen molar-refractivity contribution >= 4 is 34.8 Å². The van der Waals surface area contributed by atoms with Gasteiger partial charge in [0.1, 0.15) is 17.9 Å². The summed E-state index contributed by atoms with van der Waals surface area (Å²) in [6.07, 6.45) is 2.88. The fourth-order valence-electron chi connectivity index (χ4n) is 4.84. The zero-order valence-corrected chi connectivity index (χ0v) is 21.5. The van der Waals surface area contributed by atoms with E-state index in [9.17, 15) is 0 Å². The van der Waals surface area contributed by atoms with Crippen LogP contribution in [0.3, 0.4) is 0 Å². The third kappa shape index (κ3) is 5.16. The maximum absolute atomic E-state index is 7.58. The Labute approximate surface area is 217 Å². The van der Waals surface area contributed by atoms with Crippen molar-refractivity contribution in [2.75, 3.05) is 81.4 Å². The highest BCUT2D eigenvalue weighted by Crippen LogP contribution is 2.39. The van der Waals surface area contributed by atoms with E-state index in [1.165, 1.54) is 6.21 Å². The second kappa shape index (κ2) is 11.0. The average molecular weight is 503 g/mol. The molecule has 0 amide bonds. The first-order valence-corrected chi connectivity index (χ1v) is 12.5. The van der Waals surface area contributed by atoms with Crippen LogP contribution in [0.5, 0.6) is 5.75 Å². The van der Waals surface area contributed by atoms with Crippen LogP contribution in [0.2, 0.25) is 0 Å². The SMILES string of the molecule is CNc1cc(-c2cc(Nc3cc(NC)c(N4CCN(C5COC5)CC4)cc3OC)ncn2)ccc1C=N. The predicted molar refractivity (Wildman–Crippen MR) is 149 cm³/mol. The van der Waals surface area contributed by atoms with Crippen molar-refractivity contribution < 1.29 is 9.47 Å². The first kappa shape index (κ1) is 24.8. The van der Waals surface area contributed by atoms with Crippen molar-refractivity contribution in [1.82, 2.24) is 14.9 Å². The zero-order chi connectivity index (χ0) is 25.8. The molecule has 5 rings (SSSR count). The number of rotatable bonds is 9. The summed E-state index contributed by atoms with van der Waals surface area (Å²) in [6.45, 7) is 5.68. The van der Waals surface area contributed by atoms with Gasteiger partial charge < -0.3 is 35.7 Å². The Morgan fingerprint density at radius 2 is 1.76 bits per heavy atom. The second-order valence-corrected chi connectivity index (χ2v) is 9.14. The lowest BCUT2D eigenvalue weighted by Crippen LogP contribution is -2.56. The molecule has 0 saturated carbocycles. The minimum atomic E-state index is 0.573. The summed E-state index contributed by atoms with van der Waals surface area (Å²) in [5.74, 6) is 1.41. The average Bonchev–Trinajstić information content (AvgIpc) is 2.92. The molecule has 2 aromatic carbocycles. The van der Waals surface area contributed by atoms with Gasteiger partial charge in [0.05, 0.1) is 49.1 Å². The Morgan fingerprint density at radius 1 is 0.973 bits per heavy atom. The normalized spacial score (nSPS) is 16.1. The Bertz CT molecular complexity index is 1260. The molecule has 2 aliphatic heterocycles. The van der Waals surface area contributed by atoms with Crippen LogP contribution in [0, 0.1) is 5.41 Å². The molecule has 2 saturated heterocycles. The Hall–Kier alpha value is -3.89. The van der Waals surface area contributed by atoms with Gasteiger partial charge in [0, 0.05) is 75.4 Å². The standard InChI is InChI=1S/C27H34N8O2/c1-29-21-10-18(4-5-19(21)14-28)22-12-27(32-17-31-22)33-24-11-23(30-2)25(13-26(24)36-3)35-8-6-34(7-9-35)20-15-37-16-20/h4-5,10-14,17,20,28-30H,6-9,15-16H2,1-3H3,(H,31,32,33). The highest BCUT2D eigenvalue weighted by molar-refractivity contribution is 5.88. The molecular weight excluding hydrogens is 468 g/mol. The fourth-order valence-corrected chi connectivity index (χ4v) is 4.84. The van der Waals surface area contributed by atoms with E-state index in [1.807, 2.05) is 38.4 Å². The monoisotopic (exact) mass is 502 g/mol. The molecule has 2 fully saturated rings. The highest BCUT2D eigenvalue weighted by Gasteiger charge is 2.29. The van der Waals surface area contributed by atoms with E-state index in [0.29, 0.717) is 11.9 Å². The van der Waals surface area contributed by atoms with Crippen LogP contribution in [0.25, 0.3) is 11.3 Å². The number of ether oxygens (including phenoxy) is 2. The smallest absolute Gasteiger partial charge is 0.144 e. The number of nitrogens with one attached hydrogen (secondary N) is 4. The van der Waals surface area contributed by atoms with Crippen LogP contribution < -0.4 is 25.6 Å². The van der Waals surface area contributed by atoms with E-state index < -0.39 is 0 Å². The molecule has 3 aromatic rings. The van der Waals surface area contributed by atoms with E-state index in [1.54, 1.807) is 13.4 Å². The number of hydrogen-bond donors (Lipinski definition) is 4. The molecule has 4 N–H and O–H groups in total. The number of aromatic nitrogens is 2. The number of piperazine rings is 1. The van der Waals surface area contributed by atoms with Crippen LogP contribution >= 0.6 is 0 Å². The van der Waals surface area contributed by atoms with Gasteiger partial charge in [-0.05, 0) is 12.1 Å². The number of nitrogens with zero attached hydrogens (tertiary/aromatic N) is 4. The quantitative estimate of drug-likeness (QED) is 0.327. The molecule has 10 nitrogen and oxygen atoms in total. The minimum Gasteiger partial charge on any atom is -0.494 e. The van der Waals surface area contributed by atoms with E-state index in [-0.39, 0.29) is 0 Å². The van der Waals surface area contributed by atoms with Crippen molar-refractivity contribution in [3.63, 3.8) is 0 Å². The predicted octanol–water partition coefficient (Wildman–Crippen LogP) is 3.50. The van der Waals surface area contributed by atoms with E-state index in [0.717, 1.165) is 84.7 Å². The van der Waals surface area contributed by atoms with Crippen molar-refractivity contribution in [1.29, 1.82) is 5.41 Å². The first-order valence-electron chi connectivity index (χ1n) is 12.5. The Morgan fingerprint density at radius 3 is 2.41 bits per heavy atom. The van der Waals surface area contributed by atoms with Crippen molar-refractivity contribution in [3.05, 3.63) is 48.3 Å². The molecule has 1 aromatic heterocycles. The van der Waals surface area contributed by atoms with Gasteiger partial charge in [-0.2, -0.15) is 0 Å². The first-order chi connectivity index (χ1) is 18.1. The molecule has 0 aliphatic carbocycles. The van der Waals surface area contributed by atoms with Gasteiger partial charge in [-0.3, -0.25) is 4.90 Å². The fraction of sp³-hybridized carbons (Fsp3) is 0.370. The Balaban J connectivity index is 1.37. The van der Waals surface area contributed by atoms with Gasteiger partial charge >= 0.3 is 0 Å². The van der Waals surface area contributed by atoms with Crippen LogP contribution in [-0.4, -0.2) is 87.7 Å². The summed E-state index contributed by atoms with van der Waals surface area (Å²) < 4.78 is 11.2. The van der Waals surface area contributed by atoms with Crippen molar-refractivity contribution in [2.45, 2.75) is 6.04 Å². The maximum Gasteiger partial charge on any atom is 0.144 e. The summed E-state index contributed by atoms with van der Waals surface area (Å²) in [4.78, 5) is 13.8. The molecule has 0 unspecified atom stereocenters. The lowest BCUT2D eigenvalue weighted by atomic mass is 10.1. The third-order valence-corrected chi connectivity index (χ3v) is 7.08. The molecule has 0 radical (unpaired) electrons. The summed E-state index contributed by atoms with van der Waals surface area (Å²) in [5, 5.41) is 17.5. The van der Waals surface area contributed by atoms with Gasteiger partial charge in [-0.15, -0.1) is 0 Å². The van der Waals surface area contributed by atoms with Gasteiger partial charge in [0.2, 0.25) is 0 Å². The molecule has 3 heterocycles. The molecule has 0 bridgehead atoms.